The second-order valence-electron chi connectivity index (χ2n) is 6.66. The molecule has 3 N–H and O–H groups in total. The highest BCUT2D eigenvalue weighted by atomic mass is 35.5. The molecule has 0 spiro atoms. The fourth-order valence-electron chi connectivity index (χ4n) is 3.61. The van der Waals surface area contributed by atoms with Crippen molar-refractivity contribution >= 4 is 30.7 Å². The first-order chi connectivity index (χ1) is 9.13. The summed E-state index contributed by atoms with van der Waals surface area (Å²) in [6, 6.07) is 0. The first kappa shape index (κ1) is 21.0. The van der Waals surface area contributed by atoms with Crippen LogP contribution in [0.4, 0.5) is 0 Å². The molecule has 2 fully saturated rings. The van der Waals surface area contributed by atoms with E-state index in [0.717, 1.165) is 32.5 Å². The Morgan fingerprint density at radius 2 is 1.95 bits per heavy atom. The zero-order chi connectivity index (χ0) is 13.7. The second kappa shape index (κ2) is 9.88. The van der Waals surface area contributed by atoms with E-state index in [1.807, 2.05) is 0 Å². The van der Waals surface area contributed by atoms with Crippen LogP contribution in [-0.2, 0) is 4.79 Å². The Labute approximate surface area is 141 Å². The molecule has 1 aliphatic carbocycles. The summed E-state index contributed by atoms with van der Waals surface area (Å²) in [6.45, 7) is 3.77. The van der Waals surface area contributed by atoms with Crippen molar-refractivity contribution in [1.29, 1.82) is 0 Å². The van der Waals surface area contributed by atoms with Gasteiger partial charge in [-0.1, -0.05) is 19.3 Å². The summed E-state index contributed by atoms with van der Waals surface area (Å²) in [5, 5.41) is 3.13. The topological polar surface area (TPSA) is 58.4 Å². The maximum atomic E-state index is 12.1. The molecular formula is C15H31Cl2N3O. The van der Waals surface area contributed by atoms with Gasteiger partial charge in [0.15, 0.2) is 0 Å². The number of carbonyl (C=O) groups excluding carboxylic acids is 1. The molecule has 126 valence electrons. The molecule has 2 aliphatic rings. The first-order valence-corrected chi connectivity index (χ1v) is 7.79. The van der Waals surface area contributed by atoms with Gasteiger partial charge >= 0.3 is 0 Å². The molecule has 1 aliphatic heterocycles. The van der Waals surface area contributed by atoms with Crippen molar-refractivity contribution in [3.05, 3.63) is 0 Å². The molecule has 4 nitrogen and oxygen atoms in total. The molecule has 0 aromatic rings. The minimum atomic E-state index is 0. The Kier molecular flexibility index (Phi) is 9.87. The number of likely N-dealkylation sites (tertiary alicyclic amines) is 1. The van der Waals surface area contributed by atoms with Gasteiger partial charge in [-0.25, -0.2) is 0 Å². The Hall–Kier alpha value is -0.0300. The van der Waals surface area contributed by atoms with E-state index >= 15 is 0 Å². The average molecular weight is 340 g/mol. The molecule has 1 unspecified atom stereocenters. The Balaban J connectivity index is 0.00000200. The number of hydrogen-bond acceptors (Lipinski definition) is 3. The SMILES string of the molecule is CN1CCC(CNC(=O)CC2(CN)CCCCC2)C1.Cl.Cl. The van der Waals surface area contributed by atoms with Crippen LogP contribution in [-0.4, -0.2) is 44.0 Å². The van der Waals surface area contributed by atoms with E-state index in [4.69, 9.17) is 5.73 Å². The number of nitrogens with zero attached hydrogens (tertiary/aromatic N) is 1. The lowest BCUT2D eigenvalue weighted by Gasteiger charge is -2.35. The van der Waals surface area contributed by atoms with E-state index in [1.54, 1.807) is 0 Å². The zero-order valence-electron chi connectivity index (χ0n) is 13.1. The van der Waals surface area contributed by atoms with Crippen molar-refractivity contribution in [2.24, 2.45) is 17.1 Å². The highest BCUT2D eigenvalue weighted by molar-refractivity contribution is 5.85. The monoisotopic (exact) mass is 339 g/mol. The number of halogens is 2. The number of amides is 1. The minimum Gasteiger partial charge on any atom is -0.356 e. The van der Waals surface area contributed by atoms with Crippen LogP contribution in [0.25, 0.3) is 0 Å². The normalized spacial score (nSPS) is 24.8. The van der Waals surface area contributed by atoms with E-state index < -0.39 is 0 Å². The molecule has 0 aromatic carbocycles. The predicted molar refractivity (Wildman–Crippen MR) is 92.3 cm³/mol. The van der Waals surface area contributed by atoms with Crippen LogP contribution in [0.1, 0.15) is 44.9 Å². The van der Waals surface area contributed by atoms with Crippen LogP contribution >= 0.6 is 24.8 Å². The Bertz CT molecular complexity index is 309. The minimum absolute atomic E-state index is 0. The van der Waals surface area contributed by atoms with Gasteiger partial charge in [0.05, 0.1) is 0 Å². The molecule has 1 saturated heterocycles. The number of rotatable bonds is 5. The summed E-state index contributed by atoms with van der Waals surface area (Å²) < 4.78 is 0. The van der Waals surface area contributed by atoms with Crippen molar-refractivity contribution in [2.45, 2.75) is 44.9 Å². The Morgan fingerprint density at radius 3 is 2.48 bits per heavy atom. The number of hydrogen-bond donors (Lipinski definition) is 2. The van der Waals surface area contributed by atoms with Crippen LogP contribution in [0.2, 0.25) is 0 Å². The van der Waals surface area contributed by atoms with Gasteiger partial charge in [-0.3, -0.25) is 4.79 Å². The van der Waals surface area contributed by atoms with Crippen LogP contribution in [0, 0.1) is 11.3 Å². The van der Waals surface area contributed by atoms with Gasteiger partial charge in [0.25, 0.3) is 0 Å². The third-order valence-electron chi connectivity index (χ3n) is 4.96. The zero-order valence-corrected chi connectivity index (χ0v) is 14.7. The molecular weight excluding hydrogens is 309 g/mol. The molecule has 1 amide bonds. The van der Waals surface area contributed by atoms with Crippen molar-refractivity contribution in [3.63, 3.8) is 0 Å². The van der Waals surface area contributed by atoms with Gasteiger partial charge in [-0.15, -0.1) is 24.8 Å². The summed E-state index contributed by atoms with van der Waals surface area (Å²) in [6.07, 6.45) is 7.87. The second-order valence-corrected chi connectivity index (χ2v) is 6.66. The van der Waals surface area contributed by atoms with Crippen LogP contribution in [0.3, 0.4) is 0 Å². The van der Waals surface area contributed by atoms with Crippen LogP contribution < -0.4 is 11.1 Å². The Morgan fingerprint density at radius 1 is 1.29 bits per heavy atom. The number of carbonyl (C=O) groups is 1. The van der Waals surface area contributed by atoms with Gasteiger partial charge in [0, 0.05) is 19.5 Å². The van der Waals surface area contributed by atoms with Crippen molar-refractivity contribution in [2.75, 3.05) is 33.2 Å². The van der Waals surface area contributed by atoms with Crippen molar-refractivity contribution < 1.29 is 4.79 Å². The smallest absolute Gasteiger partial charge is 0.220 e. The summed E-state index contributed by atoms with van der Waals surface area (Å²) in [7, 11) is 2.15. The number of nitrogens with one attached hydrogen (secondary N) is 1. The standard InChI is InChI=1S/C15H29N3O.2ClH/c1-18-8-5-13(11-18)10-17-14(19)9-15(12-16)6-3-2-4-7-15;;/h13H,2-12,16H2,1H3,(H,17,19);2*1H. The summed E-state index contributed by atoms with van der Waals surface area (Å²) in [5.74, 6) is 0.844. The quantitative estimate of drug-likeness (QED) is 0.807. The molecule has 1 atom stereocenters. The predicted octanol–water partition coefficient (Wildman–Crippen LogP) is 2.20. The molecule has 0 bridgehead atoms. The first-order valence-electron chi connectivity index (χ1n) is 7.79. The fourth-order valence-corrected chi connectivity index (χ4v) is 3.61. The maximum absolute atomic E-state index is 12.1. The van der Waals surface area contributed by atoms with E-state index in [9.17, 15) is 4.79 Å². The fraction of sp³-hybridized carbons (Fsp3) is 0.933. The summed E-state index contributed by atoms with van der Waals surface area (Å²) in [4.78, 5) is 14.5. The van der Waals surface area contributed by atoms with Gasteiger partial charge < -0.3 is 16.0 Å². The van der Waals surface area contributed by atoms with Gasteiger partial charge in [-0.05, 0) is 50.7 Å². The molecule has 0 aromatic heterocycles. The molecule has 2 rings (SSSR count). The van der Waals surface area contributed by atoms with Crippen molar-refractivity contribution in [1.82, 2.24) is 10.2 Å². The third kappa shape index (κ3) is 6.31. The van der Waals surface area contributed by atoms with Crippen molar-refractivity contribution in [3.8, 4) is 0 Å². The lowest BCUT2D eigenvalue weighted by atomic mass is 9.71. The lowest BCUT2D eigenvalue weighted by Crippen LogP contribution is -2.40. The highest BCUT2D eigenvalue weighted by Gasteiger charge is 2.33. The highest BCUT2D eigenvalue weighted by Crippen LogP contribution is 2.38. The summed E-state index contributed by atoms with van der Waals surface area (Å²) >= 11 is 0. The molecule has 6 heteroatoms. The van der Waals surface area contributed by atoms with E-state index in [-0.39, 0.29) is 36.1 Å². The van der Waals surface area contributed by atoms with Crippen LogP contribution in [0.5, 0.6) is 0 Å². The molecule has 1 heterocycles. The molecule has 1 saturated carbocycles. The molecule has 0 radical (unpaired) electrons. The van der Waals surface area contributed by atoms with Gasteiger partial charge in [0.2, 0.25) is 5.91 Å². The van der Waals surface area contributed by atoms with E-state index in [1.165, 1.54) is 25.7 Å². The average Bonchev–Trinajstić information content (AvgIpc) is 2.83. The largest absolute Gasteiger partial charge is 0.356 e. The summed E-state index contributed by atoms with van der Waals surface area (Å²) in [5.41, 5.74) is 6.03. The number of nitrogens with two attached hydrogens (primary N) is 1. The maximum Gasteiger partial charge on any atom is 0.220 e. The molecule has 21 heavy (non-hydrogen) atoms. The van der Waals surface area contributed by atoms with Gasteiger partial charge in [-0.2, -0.15) is 0 Å². The third-order valence-corrected chi connectivity index (χ3v) is 4.96. The van der Waals surface area contributed by atoms with E-state index in [2.05, 4.69) is 17.3 Å². The van der Waals surface area contributed by atoms with Crippen LogP contribution in [0.15, 0.2) is 0 Å². The van der Waals surface area contributed by atoms with E-state index in [0.29, 0.717) is 18.9 Å². The lowest BCUT2D eigenvalue weighted by molar-refractivity contribution is -0.124. The van der Waals surface area contributed by atoms with Gasteiger partial charge in [0.1, 0.15) is 0 Å².